The first-order chi connectivity index (χ1) is 14.3. The average Bonchev–Trinajstić information content (AvgIpc) is 2.68. The summed E-state index contributed by atoms with van der Waals surface area (Å²) in [5.74, 6) is -2.76. The SMILES string of the molecule is CCCCCCCC(=O)[O-].CCCCCCCC(=O)[O-].CCCCCCCC(=O)[O-].[V]. The van der Waals surface area contributed by atoms with Gasteiger partial charge < -0.3 is 29.7 Å². The van der Waals surface area contributed by atoms with E-state index in [4.69, 9.17) is 0 Å². The van der Waals surface area contributed by atoms with Crippen LogP contribution in [0.1, 0.15) is 136 Å². The summed E-state index contributed by atoms with van der Waals surface area (Å²) < 4.78 is 0. The van der Waals surface area contributed by atoms with E-state index in [1.165, 1.54) is 38.5 Å². The second-order valence-electron chi connectivity index (χ2n) is 7.61. The van der Waals surface area contributed by atoms with Gasteiger partial charge in [-0.05, 0) is 38.5 Å². The number of carbonyl (C=O) groups excluding carboxylic acids is 3. The van der Waals surface area contributed by atoms with E-state index in [-0.39, 0.29) is 37.8 Å². The summed E-state index contributed by atoms with van der Waals surface area (Å²) in [6.07, 6.45) is 16.8. The maximum absolute atomic E-state index is 9.92. The minimum absolute atomic E-state index is 0. The molecule has 0 N–H and O–H groups in total. The zero-order chi connectivity index (χ0) is 23.5. The van der Waals surface area contributed by atoms with Gasteiger partial charge in [0.1, 0.15) is 0 Å². The number of aliphatic carboxylic acids is 3. The number of carbonyl (C=O) groups is 3. The Morgan fingerprint density at radius 3 is 0.774 bits per heavy atom. The summed E-state index contributed by atoms with van der Waals surface area (Å²) in [6, 6.07) is 0. The normalized spacial score (nSPS) is 9.39. The van der Waals surface area contributed by atoms with Crippen molar-refractivity contribution in [2.24, 2.45) is 0 Å². The fourth-order valence-corrected chi connectivity index (χ4v) is 2.62. The summed E-state index contributed by atoms with van der Waals surface area (Å²) in [4.78, 5) is 29.8. The summed E-state index contributed by atoms with van der Waals surface area (Å²) in [6.45, 7) is 6.41. The van der Waals surface area contributed by atoms with Crippen LogP contribution in [0.3, 0.4) is 0 Å². The van der Waals surface area contributed by atoms with Gasteiger partial charge in [0.2, 0.25) is 0 Å². The molecule has 0 heterocycles. The Balaban J connectivity index is -0.000000174. The number of hydrogen-bond donors (Lipinski definition) is 0. The molecule has 0 aromatic carbocycles. The molecule has 0 unspecified atom stereocenters. The average molecular weight is 481 g/mol. The van der Waals surface area contributed by atoms with Crippen LogP contribution in [-0.2, 0) is 32.9 Å². The first-order valence-corrected chi connectivity index (χ1v) is 11.9. The van der Waals surface area contributed by atoms with Crippen molar-refractivity contribution in [1.82, 2.24) is 0 Å². The van der Waals surface area contributed by atoms with Gasteiger partial charge in [-0.2, -0.15) is 0 Å². The van der Waals surface area contributed by atoms with Crippen LogP contribution in [0.15, 0.2) is 0 Å². The maximum Gasteiger partial charge on any atom is 0.0414 e. The van der Waals surface area contributed by atoms with Crippen molar-refractivity contribution in [2.75, 3.05) is 0 Å². The van der Waals surface area contributed by atoms with Gasteiger partial charge in [0.15, 0.2) is 0 Å². The van der Waals surface area contributed by atoms with Gasteiger partial charge >= 0.3 is 0 Å². The van der Waals surface area contributed by atoms with Crippen LogP contribution in [-0.4, -0.2) is 17.9 Å². The van der Waals surface area contributed by atoms with Gasteiger partial charge in [0.05, 0.1) is 0 Å². The molecular formula is C24H45O6V-3. The van der Waals surface area contributed by atoms with Gasteiger partial charge in [0.25, 0.3) is 0 Å². The zero-order valence-corrected chi connectivity index (χ0v) is 21.5. The second kappa shape index (κ2) is 33.6. The Morgan fingerprint density at radius 1 is 0.419 bits per heavy atom. The topological polar surface area (TPSA) is 120 Å². The molecule has 0 aliphatic heterocycles. The van der Waals surface area contributed by atoms with E-state index in [2.05, 4.69) is 20.8 Å². The number of carboxylic acids is 3. The molecule has 0 saturated carbocycles. The molecule has 0 aliphatic carbocycles. The molecule has 0 spiro atoms. The molecule has 31 heavy (non-hydrogen) atoms. The largest absolute Gasteiger partial charge is 0.550 e. The summed E-state index contributed by atoms with van der Waals surface area (Å²) >= 11 is 0. The van der Waals surface area contributed by atoms with Crippen LogP contribution in [0.5, 0.6) is 0 Å². The third-order valence-electron chi connectivity index (χ3n) is 4.45. The standard InChI is InChI=1S/3C8H16O2.V/c3*1-2-3-4-5-6-7-8(9)10;/h3*2-7H2,1H3,(H,9,10);/p-3. The zero-order valence-electron chi connectivity index (χ0n) is 20.1. The number of rotatable bonds is 18. The minimum Gasteiger partial charge on any atom is -0.550 e. The minimum atomic E-state index is -0.920. The molecule has 7 heteroatoms. The van der Waals surface area contributed by atoms with E-state index >= 15 is 0 Å². The van der Waals surface area contributed by atoms with E-state index in [0.717, 1.165) is 57.8 Å². The molecule has 185 valence electrons. The third kappa shape index (κ3) is 52.8. The van der Waals surface area contributed by atoms with E-state index in [9.17, 15) is 29.7 Å². The van der Waals surface area contributed by atoms with Crippen LogP contribution >= 0.6 is 0 Å². The van der Waals surface area contributed by atoms with Crippen LogP contribution in [0.2, 0.25) is 0 Å². The molecule has 0 saturated heterocycles. The molecule has 0 amide bonds. The van der Waals surface area contributed by atoms with Gasteiger partial charge in [-0.3, -0.25) is 0 Å². The number of carboxylic acid groups (broad SMARTS) is 3. The summed E-state index contributed by atoms with van der Waals surface area (Å²) in [7, 11) is 0. The van der Waals surface area contributed by atoms with Gasteiger partial charge in [0, 0.05) is 36.5 Å². The van der Waals surface area contributed by atoms with Crippen LogP contribution < -0.4 is 15.3 Å². The fraction of sp³-hybridized carbons (Fsp3) is 0.875. The van der Waals surface area contributed by atoms with Crippen LogP contribution in [0.4, 0.5) is 0 Å². The fourth-order valence-electron chi connectivity index (χ4n) is 2.62. The molecule has 0 aromatic rings. The Hall–Kier alpha value is -1.01. The Labute approximate surface area is 202 Å². The molecular weight excluding hydrogens is 435 g/mol. The van der Waals surface area contributed by atoms with Crippen molar-refractivity contribution in [2.45, 2.75) is 136 Å². The summed E-state index contributed by atoms with van der Waals surface area (Å²) in [5, 5.41) is 29.8. The van der Waals surface area contributed by atoms with Crippen molar-refractivity contribution in [3.8, 4) is 0 Å². The molecule has 0 aromatic heterocycles. The van der Waals surface area contributed by atoms with Crippen LogP contribution in [0.25, 0.3) is 0 Å². The van der Waals surface area contributed by atoms with E-state index in [0.29, 0.717) is 0 Å². The second-order valence-corrected chi connectivity index (χ2v) is 7.61. The molecule has 0 bridgehead atoms. The summed E-state index contributed by atoms with van der Waals surface area (Å²) in [5.41, 5.74) is 0. The molecule has 6 nitrogen and oxygen atoms in total. The van der Waals surface area contributed by atoms with Crippen molar-refractivity contribution in [1.29, 1.82) is 0 Å². The van der Waals surface area contributed by atoms with Crippen molar-refractivity contribution < 1.29 is 48.3 Å². The van der Waals surface area contributed by atoms with Crippen molar-refractivity contribution >= 4 is 17.9 Å². The monoisotopic (exact) mass is 480 g/mol. The Bertz CT molecular complexity index is 331. The maximum atomic E-state index is 9.92. The quantitative estimate of drug-likeness (QED) is 0.278. The Kier molecular flexibility index (Phi) is 40.5. The predicted molar refractivity (Wildman–Crippen MR) is 115 cm³/mol. The first kappa shape index (κ1) is 37.3. The number of hydrogen-bond acceptors (Lipinski definition) is 6. The van der Waals surface area contributed by atoms with Crippen molar-refractivity contribution in [3.05, 3.63) is 0 Å². The number of unbranched alkanes of at least 4 members (excludes halogenated alkanes) is 12. The first-order valence-electron chi connectivity index (χ1n) is 11.9. The van der Waals surface area contributed by atoms with Crippen molar-refractivity contribution in [3.63, 3.8) is 0 Å². The molecule has 0 atom stereocenters. The molecule has 0 fully saturated rings. The molecule has 0 aliphatic rings. The van der Waals surface area contributed by atoms with Gasteiger partial charge in [-0.25, -0.2) is 0 Å². The third-order valence-corrected chi connectivity index (χ3v) is 4.45. The van der Waals surface area contributed by atoms with Crippen LogP contribution in [0, 0.1) is 0 Å². The van der Waals surface area contributed by atoms with Gasteiger partial charge in [-0.1, -0.05) is 97.8 Å². The molecule has 0 rings (SSSR count). The smallest absolute Gasteiger partial charge is 0.0414 e. The van der Waals surface area contributed by atoms with E-state index in [1.54, 1.807) is 0 Å². The van der Waals surface area contributed by atoms with Gasteiger partial charge in [-0.15, -0.1) is 0 Å². The van der Waals surface area contributed by atoms with E-state index in [1.807, 2.05) is 0 Å². The molecule has 1 radical (unpaired) electrons. The van der Waals surface area contributed by atoms with E-state index < -0.39 is 17.9 Å². The predicted octanol–water partition coefficient (Wildman–Crippen LogP) is 3.29. The Morgan fingerprint density at radius 2 is 0.613 bits per heavy atom.